The first-order valence-corrected chi connectivity index (χ1v) is 10.7. The van der Waals surface area contributed by atoms with E-state index in [0.717, 1.165) is 19.0 Å². The number of ether oxygens (including phenoxy) is 1. The maximum absolute atomic E-state index is 14.1. The first-order valence-electron chi connectivity index (χ1n) is 10.7. The first-order chi connectivity index (χ1) is 15.7. The molecule has 1 atom stereocenters. The van der Waals surface area contributed by atoms with Crippen LogP contribution in [0.2, 0.25) is 0 Å². The third kappa shape index (κ3) is 5.25. The lowest BCUT2D eigenvalue weighted by atomic mass is 10.0. The van der Waals surface area contributed by atoms with Gasteiger partial charge in [-0.2, -0.15) is 9.78 Å². The lowest BCUT2D eigenvalue weighted by Gasteiger charge is -2.26. The summed E-state index contributed by atoms with van der Waals surface area (Å²) in [6.45, 7) is 3.54. The number of anilines is 1. The monoisotopic (exact) mass is 460 g/mol. The number of rotatable bonds is 7. The van der Waals surface area contributed by atoms with Crippen LogP contribution in [-0.2, 0) is 4.74 Å². The zero-order chi connectivity index (χ0) is 23.6. The van der Waals surface area contributed by atoms with Crippen molar-refractivity contribution in [2.75, 3.05) is 25.1 Å². The Balaban J connectivity index is 1.64. The summed E-state index contributed by atoms with van der Waals surface area (Å²) >= 11 is 0. The molecule has 176 valence electrons. The van der Waals surface area contributed by atoms with Gasteiger partial charge in [0.15, 0.2) is 11.5 Å². The Morgan fingerprint density at radius 3 is 2.76 bits per heavy atom. The first kappa shape index (κ1) is 23.0. The van der Waals surface area contributed by atoms with Crippen molar-refractivity contribution in [1.82, 2.24) is 25.1 Å². The van der Waals surface area contributed by atoms with Crippen molar-refractivity contribution in [1.29, 1.82) is 0 Å². The Hall–Kier alpha value is -3.18. The van der Waals surface area contributed by atoms with Crippen LogP contribution in [0.4, 0.5) is 14.5 Å². The molecule has 9 nitrogen and oxygen atoms in total. The summed E-state index contributed by atoms with van der Waals surface area (Å²) in [5.41, 5.74) is -0.437. The maximum Gasteiger partial charge on any atom is 0.255 e. The van der Waals surface area contributed by atoms with E-state index in [-0.39, 0.29) is 18.2 Å². The number of carbonyl (C=O) groups is 1. The summed E-state index contributed by atoms with van der Waals surface area (Å²) in [5, 5.41) is 20.4. The standard InChI is InChI=1S/C22H26F2N6O3/c1-22(2,32)18(24)12-27-21(31)16-11-25-19(8-17(16)29-15-3-5-33-6-4-15)30-20-13(9-28-30)7-14(23)10-26-20/h7-11,15,18,32H,3-6,12H2,1-2H3,(H,25,29)(H,27,31). The van der Waals surface area contributed by atoms with Crippen LogP contribution >= 0.6 is 0 Å². The van der Waals surface area contributed by atoms with E-state index in [1.807, 2.05) is 0 Å². The van der Waals surface area contributed by atoms with Gasteiger partial charge in [0.2, 0.25) is 0 Å². The van der Waals surface area contributed by atoms with Gasteiger partial charge < -0.3 is 20.5 Å². The van der Waals surface area contributed by atoms with Crippen LogP contribution < -0.4 is 10.6 Å². The average molecular weight is 460 g/mol. The lowest BCUT2D eigenvalue weighted by molar-refractivity contribution is -0.00177. The molecule has 1 saturated heterocycles. The minimum Gasteiger partial charge on any atom is -0.387 e. The van der Waals surface area contributed by atoms with Crippen LogP contribution in [0, 0.1) is 5.82 Å². The van der Waals surface area contributed by atoms with E-state index in [0.29, 0.717) is 35.8 Å². The largest absolute Gasteiger partial charge is 0.387 e. The predicted octanol–water partition coefficient (Wildman–Crippen LogP) is 2.38. The van der Waals surface area contributed by atoms with Gasteiger partial charge in [-0.25, -0.2) is 18.7 Å². The van der Waals surface area contributed by atoms with Gasteiger partial charge in [-0.05, 0) is 32.8 Å². The number of nitrogens with zero attached hydrogens (tertiary/aromatic N) is 4. The SMILES string of the molecule is CC(C)(O)C(F)CNC(=O)c1cnc(-n2ncc3cc(F)cnc32)cc1NC1CCOCC1. The number of nitrogens with one attached hydrogen (secondary N) is 2. The number of aliphatic hydroxyl groups is 1. The highest BCUT2D eigenvalue weighted by molar-refractivity contribution is 5.99. The normalized spacial score (nSPS) is 16.0. The number of carbonyl (C=O) groups excluding carboxylic acids is 1. The van der Waals surface area contributed by atoms with Gasteiger partial charge in [0.25, 0.3) is 5.91 Å². The van der Waals surface area contributed by atoms with Crippen molar-refractivity contribution < 1.29 is 23.4 Å². The van der Waals surface area contributed by atoms with Gasteiger partial charge in [0, 0.05) is 36.9 Å². The van der Waals surface area contributed by atoms with Crippen LogP contribution in [0.5, 0.6) is 0 Å². The molecule has 3 aromatic rings. The predicted molar refractivity (Wildman–Crippen MR) is 118 cm³/mol. The molecule has 3 aromatic heterocycles. The van der Waals surface area contributed by atoms with Crippen molar-refractivity contribution in [2.45, 2.75) is 44.5 Å². The van der Waals surface area contributed by atoms with Gasteiger partial charge >= 0.3 is 0 Å². The van der Waals surface area contributed by atoms with E-state index >= 15 is 0 Å². The molecule has 1 amide bonds. The third-order valence-electron chi connectivity index (χ3n) is 5.52. The molecule has 0 saturated carbocycles. The van der Waals surface area contributed by atoms with Gasteiger partial charge in [-0.15, -0.1) is 0 Å². The zero-order valence-corrected chi connectivity index (χ0v) is 18.4. The molecule has 11 heteroatoms. The number of pyridine rings is 2. The van der Waals surface area contributed by atoms with Crippen molar-refractivity contribution in [3.8, 4) is 5.82 Å². The molecule has 1 unspecified atom stereocenters. The fraction of sp³-hybridized carbons (Fsp3) is 0.455. The summed E-state index contributed by atoms with van der Waals surface area (Å²) in [5.74, 6) is -0.614. The van der Waals surface area contributed by atoms with E-state index in [1.165, 1.54) is 37.0 Å². The molecule has 1 fully saturated rings. The molecule has 3 N–H and O–H groups in total. The Morgan fingerprint density at radius 2 is 2.03 bits per heavy atom. The second kappa shape index (κ2) is 9.36. The second-order valence-electron chi connectivity index (χ2n) is 8.57. The summed E-state index contributed by atoms with van der Waals surface area (Å²) in [4.78, 5) is 21.3. The number of fused-ring (bicyclic) bond motifs is 1. The molecule has 1 aliphatic rings. The van der Waals surface area contributed by atoms with Crippen molar-refractivity contribution in [3.63, 3.8) is 0 Å². The molecule has 1 aliphatic heterocycles. The highest BCUT2D eigenvalue weighted by atomic mass is 19.1. The number of aromatic nitrogens is 4. The summed E-state index contributed by atoms with van der Waals surface area (Å²) in [6.07, 6.45) is 3.84. The molecular weight excluding hydrogens is 434 g/mol. The number of amides is 1. The number of halogens is 2. The molecule has 4 heterocycles. The van der Waals surface area contributed by atoms with Crippen LogP contribution in [0.3, 0.4) is 0 Å². The summed E-state index contributed by atoms with van der Waals surface area (Å²) in [7, 11) is 0. The minimum absolute atomic E-state index is 0.0763. The quantitative estimate of drug-likeness (QED) is 0.496. The number of hydrogen-bond donors (Lipinski definition) is 3. The van der Waals surface area contributed by atoms with Gasteiger partial charge in [0.1, 0.15) is 12.0 Å². The van der Waals surface area contributed by atoms with E-state index in [2.05, 4.69) is 25.7 Å². The summed E-state index contributed by atoms with van der Waals surface area (Å²) < 4.78 is 34.5. The van der Waals surface area contributed by atoms with Crippen molar-refractivity contribution >= 4 is 22.6 Å². The van der Waals surface area contributed by atoms with Gasteiger partial charge in [-0.3, -0.25) is 4.79 Å². The third-order valence-corrected chi connectivity index (χ3v) is 5.52. The van der Waals surface area contributed by atoms with E-state index in [9.17, 15) is 18.7 Å². The molecular formula is C22H26F2N6O3. The minimum atomic E-state index is -1.64. The number of hydrogen-bond acceptors (Lipinski definition) is 7. The average Bonchev–Trinajstić information content (AvgIpc) is 3.20. The van der Waals surface area contributed by atoms with E-state index < -0.39 is 23.5 Å². The Bertz CT molecular complexity index is 1140. The van der Waals surface area contributed by atoms with Crippen molar-refractivity contribution in [3.05, 3.63) is 42.1 Å². The maximum atomic E-state index is 14.1. The summed E-state index contributed by atoms with van der Waals surface area (Å²) in [6, 6.07) is 3.06. The van der Waals surface area contributed by atoms with E-state index in [4.69, 9.17) is 4.74 Å². The molecule has 0 spiro atoms. The fourth-order valence-corrected chi connectivity index (χ4v) is 3.51. The van der Waals surface area contributed by atoms with Crippen LogP contribution in [-0.4, -0.2) is 68.3 Å². The molecule has 0 bridgehead atoms. The Morgan fingerprint density at radius 1 is 1.27 bits per heavy atom. The van der Waals surface area contributed by atoms with E-state index in [1.54, 1.807) is 6.07 Å². The Kier molecular flexibility index (Phi) is 6.52. The topological polar surface area (TPSA) is 114 Å². The second-order valence-corrected chi connectivity index (χ2v) is 8.57. The Labute approximate surface area is 189 Å². The van der Waals surface area contributed by atoms with Crippen LogP contribution in [0.1, 0.15) is 37.0 Å². The highest BCUT2D eigenvalue weighted by Gasteiger charge is 2.27. The molecule has 0 aliphatic carbocycles. The van der Waals surface area contributed by atoms with Crippen molar-refractivity contribution in [2.24, 2.45) is 0 Å². The van der Waals surface area contributed by atoms with Gasteiger partial charge in [0.05, 0.1) is 35.8 Å². The smallest absolute Gasteiger partial charge is 0.255 e. The highest BCUT2D eigenvalue weighted by Crippen LogP contribution is 2.24. The van der Waals surface area contributed by atoms with Crippen LogP contribution in [0.15, 0.2) is 30.7 Å². The molecule has 0 radical (unpaired) electrons. The molecule has 33 heavy (non-hydrogen) atoms. The number of alkyl halides is 1. The molecule has 0 aromatic carbocycles. The van der Waals surface area contributed by atoms with Gasteiger partial charge in [-0.1, -0.05) is 0 Å². The van der Waals surface area contributed by atoms with Crippen LogP contribution in [0.25, 0.3) is 16.9 Å². The zero-order valence-electron chi connectivity index (χ0n) is 18.4. The lowest BCUT2D eigenvalue weighted by Crippen LogP contribution is -2.42. The fourth-order valence-electron chi connectivity index (χ4n) is 3.51. The molecule has 4 rings (SSSR count).